The van der Waals surface area contributed by atoms with Gasteiger partial charge in [0.1, 0.15) is 17.0 Å². The number of ether oxygens (including phenoxy) is 3. The third kappa shape index (κ3) is 4.25. The van der Waals surface area contributed by atoms with Crippen molar-refractivity contribution in [3.63, 3.8) is 0 Å². The van der Waals surface area contributed by atoms with E-state index in [-0.39, 0.29) is 30.0 Å². The van der Waals surface area contributed by atoms with E-state index in [0.717, 1.165) is 0 Å². The first-order valence-corrected chi connectivity index (χ1v) is 11.8. The molecule has 0 saturated heterocycles. The van der Waals surface area contributed by atoms with Gasteiger partial charge in [-0.2, -0.15) is 4.39 Å². The van der Waals surface area contributed by atoms with Crippen LogP contribution in [0.25, 0.3) is 11.1 Å². The third-order valence-corrected chi connectivity index (χ3v) is 6.53. The molecule has 4 heterocycles. The third-order valence-electron chi connectivity index (χ3n) is 6.53. The van der Waals surface area contributed by atoms with Crippen LogP contribution in [0, 0.1) is 11.8 Å². The Balaban J connectivity index is 1.45. The number of hydrogen-bond donors (Lipinski definition) is 2. The van der Waals surface area contributed by atoms with Crippen molar-refractivity contribution in [3.05, 3.63) is 89.6 Å². The van der Waals surface area contributed by atoms with E-state index < -0.39 is 23.2 Å². The number of amides is 1. The molecule has 4 aromatic rings. The molecule has 39 heavy (non-hydrogen) atoms. The molecule has 0 saturated carbocycles. The van der Waals surface area contributed by atoms with E-state index in [0.29, 0.717) is 40.1 Å². The van der Waals surface area contributed by atoms with Crippen LogP contribution in [0.5, 0.6) is 17.4 Å². The first kappa shape index (κ1) is 24.2. The Kier molecular flexibility index (Phi) is 5.78. The number of aliphatic imine (C=N–C) groups is 1. The van der Waals surface area contributed by atoms with Crippen molar-refractivity contribution in [1.82, 2.24) is 15.0 Å². The Bertz CT molecular complexity index is 1650. The number of nitrogens with zero attached hydrogens (tertiary/aromatic N) is 4. The summed E-state index contributed by atoms with van der Waals surface area (Å²) in [5.74, 6) is -1.26. The van der Waals surface area contributed by atoms with Gasteiger partial charge in [-0.05, 0) is 47.5 Å². The molecular formula is C27H20F2N6O4. The quantitative estimate of drug-likeness (QED) is 0.376. The topological polar surface area (TPSA) is 134 Å². The molecule has 196 valence electrons. The Hall–Kier alpha value is -5.13. The number of fused-ring (bicyclic) bond motifs is 4. The second-order valence-corrected chi connectivity index (χ2v) is 8.82. The molecule has 2 aromatic carbocycles. The fraction of sp³-hybridized carbons (Fsp3) is 0.148. The number of rotatable bonds is 4. The number of methoxy groups -OCH3 is 1. The highest BCUT2D eigenvalue weighted by Gasteiger charge is 2.46. The van der Waals surface area contributed by atoms with E-state index in [2.05, 4.69) is 25.3 Å². The van der Waals surface area contributed by atoms with Crippen molar-refractivity contribution in [2.75, 3.05) is 19.0 Å². The van der Waals surface area contributed by atoms with Gasteiger partial charge in [-0.3, -0.25) is 4.79 Å². The van der Waals surface area contributed by atoms with E-state index >= 15 is 4.39 Å². The maximum Gasteiger partial charge on any atom is 0.283 e. The second-order valence-electron chi connectivity index (χ2n) is 8.82. The van der Waals surface area contributed by atoms with Crippen molar-refractivity contribution in [2.24, 2.45) is 10.7 Å². The van der Waals surface area contributed by atoms with E-state index in [1.807, 2.05) is 0 Å². The lowest BCUT2D eigenvalue weighted by Gasteiger charge is -2.39. The first-order valence-electron chi connectivity index (χ1n) is 11.8. The van der Waals surface area contributed by atoms with Crippen molar-refractivity contribution < 1.29 is 27.8 Å². The molecule has 0 unspecified atom stereocenters. The summed E-state index contributed by atoms with van der Waals surface area (Å²) in [7, 11) is 1.45. The monoisotopic (exact) mass is 530 g/mol. The van der Waals surface area contributed by atoms with Crippen LogP contribution < -0.4 is 20.5 Å². The predicted octanol–water partition coefficient (Wildman–Crippen LogP) is 4.16. The lowest BCUT2D eigenvalue weighted by molar-refractivity contribution is 0.102. The van der Waals surface area contributed by atoms with Gasteiger partial charge in [0.05, 0.1) is 26.1 Å². The van der Waals surface area contributed by atoms with Gasteiger partial charge < -0.3 is 25.3 Å². The van der Waals surface area contributed by atoms with E-state index in [1.165, 1.54) is 37.8 Å². The lowest BCUT2D eigenvalue weighted by Crippen LogP contribution is -2.39. The van der Waals surface area contributed by atoms with E-state index in [4.69, 9.17) is 19.9 Å². The SMILES string of the molecule is COc1cnc(C(=O)Nc2ccc3c(c2)[C@@]2(CCOC(N)=N2)c2cc(-c4ccnc(F)c4)cc(F)c2O3)cn1. The molecule has 0 bridgehead atoms. The zero-order valence-electron chi connectivity index (χ0n) is 20.4. The summed E-state index contributed by atoms with van der Waals surface area (Å²) in [6.45, 7) is 0.196. The molecule has 1 spiro atoms. The highest BCUT2D eigenvalue weighted by molar-refractivity contribution is 6.02. The summed E-state index contributed by atoms with van der Waals surface area (Å²) in [6, 6.07) is 10.6. The number of nitrogens with two attached hydrogens (primary N) is 1. The van der Waals surface area contributed by atoms with Gasteiger partial charge in [0.25, 0.3) is 11.9 Å². The average Bonchev–Trinajstić information content (AvgIpc) is 2.94. The fourth-order valence-electron chi connectivity index (χ4n) is 4.73. The van der Waals surface area contributed by atoms with Crippen LogP contribution in [0.3, 0.4) is 0 Å². The summed E-state index contributed by atoms with van der Waals surface area (Å²) in [5, 5.41) is 2.79. The van der Waals surface area contributed by atoms with E-state index in [1.54, 1.807) is 30.3 Å². The van der Waals surface area contributed by atoms with Crippen LogP contribution in [0.2, 0.25) is 0 Å². The Morgan fingerprint density at radius 1 is 1.05 bits per heavy atom. The van der Waals surface area contributed by atoms with Gasteiger partial charge in [0.2, 0.25) is 11.8 Å². The van der Waals surface area contributed by atoms with Crippen LogP contribution >= 0.6 is 0 Å². The normalized spacial score (nSPS) is 17.3. The summed E-state index contributed by atoms with van der Waals surface area (Å²) < 4.78 is 45.8. The number of anilines is 1. The Morgan fingerprint density at radius 2 is 1.92 bits per heavy atom. The van der Waals surface area contributed by atoms with Gasteiger partial charge >= 0.3 is 0 Å². The molecule has 12 heteroatoms. The highest BCUT2D eigenvalue weighted by atomic mass is 19.1. The molecule has 10 nitrogen and oxygen atoms in total. The number of carbonyl (C=O) groups excluding carboxylic acids is 1. The Morgan fingerprint density at radius 3 is 2.67 bits per heavy atom. The average molecular weight is 530 g/mol. The van der Waals surface area contributed by atoms with Crippen molar-refractivity contribution in [2.45, 2.75) is 12.0 Å². The van der Waals surface area contributed by atoms with Gasteiger partial charge in [-0.1, -0.05) is 0 Å². The molecule has 0 fully saturated rings. The fourth-order valence-corrected chi connectivity index (χ4v) is 4.73. The first-order chi connectivity index (χ1) is 18.9. The van der Waals surface area contributed by atoms with Crippen LogP contribution in [0.4, 0.5) is 14.5 Å². The summed E-state index contributed by atoms with van der Waals surface area (Å²) in [4.78, 5) is 29.1. The maximum absolute atomic E-state index is 15.5. The van der Waals surface area contributed by atoms with Gasteiger partial charge in [-0.15, -0.1) is 0 Å². The second kappa shape index (κ2) is 9.31. The molecular weight excluding hydrogens is 510 g/mol. The number of halogens is 2. The van der Waals surface area contributed by atoms with Crippen molar-refractivity contribution in [1.29, 1.82) is 0 Å². The molecule has 0 aliphatic carbocycles. The number of carbonyl (C=O) groups is 1. The minimum absolute atomic E-state index is 0.0236. The largest absolute Gasteiger partial charge is 0.480 e. The number of nitrogens with one attached hydrogen (secondary N) is 1. The summed E-state index contributed by atoms with van der Waals surface area (Å²) in [5.41, 5.74) is 7.07. The highest BCUT2D eigenvalue weighted by Crippen LogP contribution is 2.54. The molecule has 0 radical (unpaired) electrons. The number of benzene rings is 2. The van der Waals surface area contributed by atoms with Gasteiger partial charge in [0.15, 0.2) is 11.6 Å². The van der Waals surface area contributed by atoms with Crippen LogP contribution in [0.1, 0.15) is 28.0 Å². The minimum Gasteiger partial charge on any atom is -0.480 e. The van der Waals surface area contributed by atoms with Gasteiger partial charge in [0, 0.05) is 35.5 Å². The van der Waals surface area contributed by atoms with Crippen molar-refractivity contribution in [3.8, 4) is 28.5 Å². The molecule has 3 N–H and O–H groups in total. The maximum atomic E-state index is 15.5. The van der Waals surface area contributed by atoms with Crippen LogP contribution in [-0.4, -0.2) is 40.6 Å². The molecule has 2 aromatic heterocycles. The molecule has 2 aliphatic heterocycles. The predicted molar refractivity (Wildman–Crippen MR) is 136 cm³/mol. The lowest BCUT2D eigenvalue weighted by atomic mass is 9.76. The Labute approximate surface area is 220 Å². The smallest absolute Gasteiger partial charge is 0.283 e. The van der Waals surface area contributed by atoms with Crippen LogP contribution in [-0.2, 0) is 10.3 Å². The molecule has 6 rings (SSSR count). The number of hydrogen-bond acceptors (Lipinski definition) is 9. The number of amidine groups is 1. The van der Waals surface area contributed by atoms with E-state index in [9.17, 15) is 9.18 Å². The van der Waals surface area contributed by atoms with Gasteiger partial charge in [-0.25, -0.2) is 24.3 Å². The zero-order chi connectivity index (χ0) is 27.1. The zero-order valence-corrected chi connectivity index (χ0v) is 20.4. The standard InChI is InChI=1S/C27H20F2N6O4/c1-37-23-13-32-20(12-33-23)25(36)34-16-2-3-21-17(11-16)27(5-7-38-26(30)35-27)18-8-15(9-19(28)24(18)39-21)14-4-6-31-22(29)10-14/h2-4,6,8-13H,5,7H2,1H3,(H2,30,35)(H,34,36)/t27-/m0/s1. The molecule has 1 amide bonds. The van der Waals surface area contributed by atoms with Crippen molar-refractivity contribution >= 4 is 17.6 Å². The molecule has 2 aliphatic rings. The molecule has 1 atom stereocenters. The number of pyridine rings is 1. The van der Waals surface area contributed by atoms with Crippen LogP contribution in [0.15, 0.2) is 66.0 Å². The number of aromatic nitrogens is 3. The summed E-state index contributed by atoms with van der Waals surface area (Å²) in [6.07, 6.45) is 4.23. The minimum atomic E-state index is -1.20. The summed E-state index contributed by atoms with van der Waals surface area (Å²) >= 11 is 0.